The lowest BCUT2D eigenvalue weighted by atomic mass is 9.94. The van der Waals surface area contributed by atoms with Gasteiger partial charge in [-0.3, -0.25) is 4.90 Å². The zero-order valence-electron chi connectivity index (χ0n) is 13.2. The monoisotopic (exact) mass is 320 g/mol. The molecule has 120 valence electrons. The van der Waals surface area contributed by atoms with Crippen molar-refractivity contribution >= 4 is 10.0 Å². The number of aryl methyl sites for hydroxylation is 1. The van der Waals surface area contributed by atoms with Gasteiger partial charge in [-0.2, -0.15) is 4.31 Å². The van der Waals surface area contributed by atoms with E-state index in [0.717, 1.165) is 12.1 Å². The van der Waals surface area contributed by atoms with E-state index in [1.807, 2.05) is 19.1 Å². The average molecular weight is 320 g/mol. The first-order chi connectivity index (χ1) is 10.5. The van der Waals surface area contributed by atoms with Crippen LogP contribution >= 0.6 is 0 Å². The van der Waals surface area contributed by atoms with Crippen molar-refractivity contribution in [1.82, 2.24) is 9.21 Å². The van der Waals surface area contributed by atoms with E-state index in [1.54, 1.807) is 16.4 Å². The van der Waals surface area contributed by atoms with E-state index in [1.165, 1.54) is 32.1 Å². The molecule has 4 nitrogen and oxygen atoms in total. The van der Waals surface area contributed by atoms with Crippen molar-refractivity contribution in [2.24, 2.45) is 0 Å². The summed E-state index contributed by atoms with van der Waals surface area (Å²) in [7, 11) is -3.30. The van der Waals surface area contributed by atoms with Crippen LogP contribution in [0, 0.1) is 6.92 Å². The summed E-state index contributed by atoms with van der Waals surface area (Å²) in [5.74, 6) is 0. The first kappa shape index (κ1) is 14.7. The average Bonchev–Trinajstić information content (AvgIpc) is 3.23. The first-order valence-corrected chi connectivity index (χ1v) is 9.79. The summed E-state index contributed by atoms with van der Waals surface area (Å²) in [6.45, 7) is 4.43. The van der Waals surface area contributed by atoms with Crippen LogP contribution in [0.5, 0.6) is 0 Å². The van der Waals surface area contributed by atoms with Gasteiger partial charge in [0.25, 0.3) is 0 Å². The highest BCUT2D eigenvalue weighted by Gasteiger charge is 2.64. The Hall–Kier alpha value is -0.910. The maximum Gasteiger partial charge on any atom is 0.243 e. The van der Waals surface area contributed by atoms with Crippen LogP contribution in [0.2, 0.25) is 0 Å². The first-order valence-electron chi connectivity index (χ1n) is 8.35. The highest BCUT2D eigenvalue weighted by Crippen LogP contribution is 2.47. The summed E-state index contributed by atoms with van der Waals surface area (Å²) in [5, 5.41) is 0. The van der Waals surface area contributed by atoms with Crippen molar-refractivity contribution in [2.75, 3.05) is 19.6 Å². The van der Waals surface area contributed by atoms with Gasteiger partial charge < -0.3 is 0 Å². The van der Waals surface area contributed by atoms with Gasteiger partial charge in [0.1, 0.15) is 0 Å². The Balaban J connectivity index is 1.42. The van der Waals surface area contributed by atoms with Crippen molar-refractivity contribution in [2.45, 2.75) is 55.5 Å². The zero-order valence-corrected chi connectivity index (χ0v) is 14.0. The van der Waals surface area contributed by atoms with Gasteiger partial charge in [-0.1, -0.05) is 37.0 Å². The second-order valence-electron chi connectivity index (χ2n) is 7.23. The quantitative estimate of drug-likeness (QED) is 0.803. The minimum Gasteiger partial charge on any atom is -0.289 e. The van der Waals surface area contributed by atoms with E-state index in [4.69, 9.17) is 0 Å². The van der Waals surface area contributed by atoms with Crippen LogP contribution in [0.4, 0.5) is 0 Å². The fourth-order valence-electron chi connectivity index (χ4n) is 4.11. The molecule has 3 aliphatic rings. The molecule has 0 amide bonds. The van der Waals surface area contributed by atoms with Crippen LogP contribution < -0.4 is 0 Å². The zero-order chi connectivity index (χ0) is 15.4. The minimum absolute atomic E-state index is 0.180. The molecule has 2 heterocycles. The lowest BCUT2D eigenvalue weighted by molar-refractivity contribution is 0.146. The van der Waals surface area contributed by atoms with Crippen LogP contribution in [0.1, 0.15) is 37.7 Å². The predicted octanol–water partition coefficient (Wildman–Crippen LogP) is 2.39. The molecule has 1 spiro atoms. The van der Waals surface area contributed by atoms with Crippen LogP contribution in [0.25, 0.3) is 0 Å². The molecule has 22 heavy (non-hydrogen) atoms. The molecule has 2 aliphatic heterocycles. The lowest BCUT2D eigenvalue weighted by Gasteiger charge is -2.41. The topological polar surface area (TPSA) is 40.4 Å². The molecular weight excluding hydrogens is 296 g/mol. The van der Waals surface area contributed by atoms with Gasteiger partial charge in [0.15, 0.2) is 0 Å². The van der Waals surface area contributed by atoms with Crippen LogP contribution in [0.15, 0.2) is 29.2 Å². The molecule has 1 aliphatic carbocycles. The molecule has 2 saturated heterocycles. The number of benzene rings is 1. The van der Waals surface area contributed by atoms with Gasteiger partial charge in [-0.15, -0.1) is 0 Å². The molecule has 0 N–H and O–H groups in total. The fourth-order valence-corrected chi connectivity index (χ4v) is 5.71. The molecule has 0 bridgehead atoms. The largest absolute Gasteiger partial charge is 0.289 e. The van der Waals surface area contributed by atoms with Gasteiger partial charge >= 0.3 is 0 Å². The Morgan fingerprint density at radius 1 is 1.00 bits per heavy atom. The van der Waals surface area contributed by atoms with Crippen LogP contribution in [-0.4, -0.2) is 48.8 Å². The minimum atomic E-state index is -3.30. The SMILES string of the molecule is Cc1ccc(S(=O)(=O)N2CC3(CN3C3CCCCC3)C2)cc1. The number of rotatable bonds is 3. The second kappa shape index (κ2) is 5.05. The Morgan fingerprint density at radius 2 is 1.64 bits per heavy atom. The molecule has 0 radical (unpaired) electrons. The molecule has 1 aromatic rings. The maximum atomic E-state index is 12.6. The number of hydrogen-bond acceptors (Lipinski definition) is 3. The Labute approximate surface area is 133 Å². The Bertz CT molecular complexity index is 656. The van der Waals surface area contributed by atoms with Crippen molar-refractivity contribution < 1.29 is 8.42 Å². The predicted molar refractivity (Wildman–Crippen MR) is 86.2 cm³/mol. The molecule has 1 unspecified atom stereocenters. The maximum absolute atomic E-state index is 12.6. The van der Waals surface area contributed by atoms with Crippen molar-refractivity contribution in [3.8, 4) is 0 Å². The van der Waals surface area contributed by atoms with E-state index in [2.05, 4.69) is 4.90 Å². The van der Waals surface area contributed by atoms with Crippen LogP contribution in [-0.2, 0) is 10.0 Å². The van der Waals surface area contributed by atoms with Gasteiger partial charge in [-0.25, -0.2) is 8.42 Å². The Kier molecular flexibility index (Phi) is 3.36. The number of sulfonamides is 1. The summed E-state index contributed by atoms with van der Waals surface area (Å²) in [4.78, 5) is 2.99. The van der Waals surface area contributed by atoms with Crippen molar-refractivity contribution in [3.63, 3.8) is 0 Å². The fraction of sp³-hybridized carbons (Fsp3) is 0.647. The molecule has 1 atom stereocenters. The third-order valence-electron chi connectivity index (χ3n) is 5.59. The third-order valence-corrected chi connectivity index (χ3v) is 7.39. The van der Waals surface area contributed by atoms with E-state index in [9.17, 15) is 8.42 Å². The van der Waals surface area contributed by atoms with Crippen molar-refractivity contribution in [3.05, 3.63) is 29.8 Å². The van der Waals surface area contributed by atoms with E-state index in [0.29, 0.717) is 24.0 Å². The number of nitrogens with zero attached hydrogens (tertiary/aromatic N) is 2. The van der Waals surface area contributed by atoms with Crippen molar-refractivity contribution in [1.29, 1.82) is 0 Å². The standard InChI is InChI=1S/C17H24N2O2S/c1-14-7-9-16(10-8-14)22(20,21)18-11-17(12-18)13-19(17)15-5-3-2-4-6-15/h7-10,15H,2-6,11-13H2,1H3. The van der Waals surface area contributed by atoms with Gasteiger partial charge in [0, 0.05) is 25.7 Å². The summed E-state index contributed by atoms with van der Waals surface area (Å²) in [6.07, 6.45) is 6.63. The molecule has 0 aromatic heterocycles. The molecule has 4 rings (SSSR count). The lowest BCUT2D eigenvalue weighted by Crippen LogP contribution is -2.59. The summed E-state index contributed by atoms with van der Waals surface area (Å²) >= 11 is 0. The van der Waals surface area contributed by atoms with E-state index in [-0.39, 0.29) is 5.54 Å². The third kappa shape index (κ3) is 2.30. The van der Waals surface area contributed by atoms with Gasteiger partial charge in [0.2, 0.25) is 10.0 Å². The highest BCUT2D eigenvalue weighted by atomic mass is 32.2. The second-order valence-corrected chi connectivity index (χ2v) is 9.17. The summed E-state index contributed by atoms with van der Waals surface area (Å²) < 4.78 is 26.9. The van der Waals surface area contributed by atoms with E-state index >= 15 is 0 Å². The molecule has 3 fully saturated rings. The van der Waals surface area contributed by atoms with Gasteiger partial charge in [-0.05, 0) is 31.9 Å². The Morgan fingerprint density at radius 3 is 2.27 bits per heavy atom. The normalized spacial score (nSPS) is 28.5. The molecule has 5 heteroatoms. The molecular formula is C17H24N2O2S. The number of hydrogen-bond donors (Lipinski definition) is 0. The molecule has 1 saturated carbocycles. The summed E-state index contributed by atoms with van der Waals surface area (Å²) in [5.41, 5.74) is 1.27. The smallest absolute Gasteiger partial charge is 0.243 e. The molecule has 1 aromatic carbocycles. The van der Waals surface area contributed by atoms with E-state index < -0.39 is 10.0 Å². The highest BCUT2D eigenvalue weighted by molar-refractivity contribution is 7.89. The van der Waals surface area contributed by atoms with Crippen LogP contribution in [0.3, 0.4) is 0 Å². The van der Waals surface area contributed by atoms with Gasteiger partial charge in [0.05, 0.1) is 10.4 Å². The summed E-state index contributed by atoms with van der Waals surface area (Å²) in [6, 6.07) is 7.89.